The summed E-state index contributed by atoms with van der Waals surface area (Å²) in [4.78, 5) is 11.7. The largest absolute Gasteiger partial charge is 0.455 e. The Kier molecular flexibility index (Phi) is 5.96. The van der Waals surface area contributed by atoms with E-state index in [0.717, 1.165) is 12.1 Å². The first kappa shape index (κ1) is 20.1. The molecule has 3 rings (SSSR count). The van der Waals surface area contributed by atoms with Crippen molar-refractivity contribution in [3.63, 3.8) is 0 Å². The number of rotatable bonds is 6. The Morgan fingerprint density at radius 1 is 1.07 bits per heavy atom. The zero-order valence-corrected chi connectivity index (χ0v) is 14.8. The van der Waals surface area contributed by atoms with Crippen LogP contribution in [0.15, 0.2) is 70.2 Å². The van der Waals surface area contributed by atoms with Gasteiger partial charge in [0.05, 0.1) is 18.3 Å². The Hall–Kier alpha value is -3.62. The first-order chi connectivity index (χ1) is 13.8. The summed E-state index contributed by atoms with van der Waals surface area (Å²) < 4.78 is 56.7. The number of anilines is 1. The fourth-order valence-corrected chi connectivity index (χ4v) is 2.38. The number of benzene rings is 2. The summed E-state index contributed by atoms with van der Waals surface area (Å²) in [5.41, 5.74) is 2.34. The molecule has 0 spiro atoms. The third-order valence-corrected chi connectivity index (χ3v) is 3.78. The monoisotopic (exact) mass is 405 g/mol. The minimum absolute atomic E-state index is 0.0867. The molecule has 3 aromatic rings. The van der Waals surface area contributed by atoms with E-state index >= 15 is 0 Å². The molecule has 0 unspecified atom stereocenters. The highest BCUT2D eigenvalue weighted by Crippen LogP contribution is 2.32. The van der Waals surface area contributed by atoms with Gasteiger partial charge in [-0.25, -0.2) is 9.82 Å². The minimum atomic E-state index is -4.45. The first-order valence-electron chi connectivity index (χ1n) is 8.40. The predicted molar refractivity (Wildman–Crippen MR) is 99.8 cm³/mol. The van der Waals surface area contributed by atoms with Gasteiger partial charge in [0.1, 0.15) is 17.3 Å². The average Bonchev–Trinajstić information content (AvgIpc) is 3.16. The van der Waals surface area contributed by atoms with Gasteiger partial charge in [-0.05, 0) is 48.5 Å². The van der Waals surface area contributed by atoms with Crippen LogP contribution in [0.4, 0.5) is 23.2 Å². The third-order valence-electron chi connectivity index (χ3n) is 3.78. The molecule has 0 fully saturated rings. The summed E-state index contributed by atoms with van der Waals surface area (Å²) in [5, 5.41) is 6.53. The molecule has 0 saturated carbocycles. The number of halogens is 4. The van der Waals surface area contributed by atoms with Crippen LogP contribution in [0.3, 0.4) is 0 Å². The zero-order valence-electron chi connectivity index (χ0n) is 14.8. The van der Waals surface area contributed by atoms with Crippen LogP contribution in [0.2, 0.25) is 0 Å². The van der Waals surface area contributed by atoms with Gasteiger partial charge in [0.25, 0.3) is 5.91 Å². The Balaban J connectivity index is 1.55. The molecule has 0 saturated heterocycles. The van der Waals surface area contributed by atoms with E-state index in [1.165, 1.54) is 54.7 Å². The van der Waals surface area contributed by atoms with E-state index in [2.05, 4.69) is 15.8 Å². The van der Waals surface area contributed by atoms with E-state index in [1.807, 2.05) is 0 Å². The highest BCUT2D eigenvalue weighted by Gasteiger charge is 2.30. The smallest absolute Gasteiger partial charge is 0.416 e. The number of furan rings is 1. The van der Waals surface area contributed by atoms with E-state index in [9.17, 15) is 22.4 Å². The van der Waals surface area contributed by atoms with Gasteiger partial charge < -0.3 is 9.73 Å². The molecule has 0 radical (unpaired) electrons. The summed E-state index contributed by atoms with van der Waals surface area (Å²) in [6.07, 6.45) is -3.22. The molecule has 0 bridgehead atoms. The summed E-state index contributed by atoms with van der Waals surface area (Å²) in [6, 6.07) is 13.3. The Labute approximate surface area is 163 Å². The molecular weight excluding hydrogens is 390 g/mol. The number of nitrogens with zero attached hydrogens (tertiary/aromatic N) is 1. The number of carbonyl (C=O) groups is 1. The van der Waals surface area contributed by atoms with E-state index in [4.69, 9.17) is 4.42 Å². The lowest BCUT2D eigenvalue weighted by Gasteiger charge is -2.07. The van der Waals surface area contributed by atoms with Gasteiger partial charge >= 0.3 is 6.18 Å². The molecule has 1 amide bonds. The van der Waals surface area contributed by atoms with Gasteiger partial charge in [-0.1, -0.05) is 12.1 Å². The van der Waals surface area contributed by atoms with E-state index < -0.39 is 17.6 Å². The molecule has 9 heteroatoms. The van der Waals surface area contributed by atoms with Crippen molar-refractivity contribution in [3.8, 4) is 11.3 Å². The molecule has 0 aliphatic heterocycles. The lowest BCUT2D eigenvalue weighted by atomic mass is 10.1. The number of nitrogens with one attached hydrogen (secondary N) is 2. The average molecular weight is 405 g/mol. The summed E-state index contributed by atoms with van der Waals surface area (Å²) in [5.74, 6) is -0.339. The summed E-state index contributed by atoms with van der Waals surface area (Å²) in [7, 11) is 0. The molecule has 29 heavy (non-hydrogen) atoms. The normalized spacial score (nSPS) is 11.6. The van der Waals surface area contributed by atoms with E-state index in [-0.39, 0.29) is 29.4 Å². The van der Waals surface area contributed by atoms with Crippen molar-refractivity contribution in [2.45, 2.75) is 6.18 Å². The predicted octanol–water partition coefficient (Wildman–Crippen LogP) is 4.67. The summed E-state index contributed by atoms with van der Waals surface area (Å²) >= 11 is 0. The van der Waals surface area contributed by atoms with Gasteiger partial charge in [0.15, 0.2) is 0 Å². The fourth-order valence-electron chi connectivity index (χ4n) is 2.38. The van der Waals surface area contributed by atoms with Crippen LogP contribution in [0.1, 0.15) is 11.3 Å². The van der Waals surface area contributed by atoms with Crippen LogP contribution in [0.5, 0.6) is 0 Å². The standard InChI is InChI=1S/C20H15F4N3O2/c21-15-4-6-16(7-5-15)25-12-19(28)27-26-11-17-8-9-18(29-17)13-2-1-3-14(10-13)20(22,23)24/h1-11,25H,12H2,(H,27,28)/b26-11-. The van der Waals surface area contributed by atoms with Crippen LogP contribution in [0.25, 0.3) is 11.3 Å². The lowest BCUT2D eigenvalue weighted by Crippen LogP contribution is -2.25. The van der Waals surface area contributed by atoms with Gasteiger partial charge in [-0.15, -0.1) is 0 Å². The Morgan fingerprint density at radius 2 is 1.83 bits per heavy atom. The van der Waals surface area contributed by atoms with Gasteiger partial charge in [-0.2, -0.15) is 18.3 Å². The highest BCUT2D eigenvalue weighted by atomic mass is 19.4. The van der Waals surface area contributed by atoms with Crippen molar-refractivity contribution in [2.24, 2.45) is 5.10 Å². The molecular formula is C20H15F4N3O2. The number of hydrazone groups is 1. The lowest BCUT2D eigenvalue weighted by molar-refractivity contribution is -0.137. The number of hydrogen-bond donors (Lipinski definition) is 2. The van der Waals surface area contributed by atoms with Gasteiger partial charge in [0.2, 0.25) is 0 Å². The van der Waals surface area contributed by atoms with Crippen LogP contribution in [0, 0.1) is 5.82 Å². The molecule has 2 aromatic carbocycles. The maximum absolute atomic E-state index is 12.8. The molecule has 5 nitrogen and oxygen atoms in total. The quantitative estimate of drug-likeness (QED) is 0.356. The van der Waals surface area contributed by atoms with Gasteiger partial charge in [0, 0.05) is 11.3 Å². The fraction of sp³-hybridized carbons (Fsp3) is 0.100. The number of alkyl halides is 3. The van der Waals surface area contributed by atoms with Crippen molar-refractivity contribution < 1.29 is 26.8 Å². The van der Waals surface area contributed by atoms with Gasteiger partial charge in [-0.3, -0.25) is 4.79 Å². The second-order valence-corrected chi connectivity index (χ2v) is 5.93. The molecule has 1 heterocycles. The van der Waals surface area contributed by atoms with Crippen LogP contribution in [-0.4, -0.2) is 18.7 Å². The maximum atomic E-state index is 12.8. The molecule has 150 valence electrons. The van der Waals surface area contributed by atoms with Crippen LogP contribution >= 0.6 is 0 Å². The summed E-state index contributed by atoms with van der Waals surface area (Å²) in [6.45, 7) is -0.0867. The topological polar surface area (TPSA) is 66.6 Å². The second kappa shape index (κ2) is 8.59. The first-order valence-corrected chi connectivity index (χ1v) is 8.40. The third kappa shape index (κ3) is 5.68. The van der Waals surface area contributed by atoms with E-state index in [0.29, 0.717) is 5.69 Å². The Bertz CT molecular complexity index is 1010. The number of amides is 1. The Morgan fingerprint density at radius 3 is 2.55 bits per heavy atom. The van der Waals surface area contributed by atoms with Crippen molar-refractivity contribution in [3.05, 3.63) is 77.8 Å². The van der Waals surface area contributed by atoms with E-state index in [1.54, 1.807) is 0 Å². The molecule has 2 N–H and O–H groups in total. The number of hydrogen-bond acceptors (Lipinski definition) is 4. The molecule has 0 aliphatic rings. The minimum Gasteiger partial charge on any atom is -0.455 e. The SMILES string of the molecule is O=C(CNc1ccc(F)cc1)N/N=C\c1ccc(-c2cccc(C(F)(F)F)c2)o1. The van der Waals surface area contributed by atoms with Crippen LogP contribution in [-0.2, 0) is 11.0 Å². The molecule has 1 aromatic heterocycles. The highest BCUT2D eigenvalue weighted by molar-refractivity contribution is 5.83. The van der Waals surface area contributed by atoms with Crippen LogP contribution < -0.4 is 10.7 Å². The van der Waals surface area contributed by atoms with Crippen molar-refractivity contribution in [1.29, 1.82) is 0 Å². The molecule has 0 aliphatic carbocycles. The molecule has 0 atom stereocenters. The number of carbonyl (C=O) groups excluding carboxylic acids is 1. The van der Waals surface area contributed by atoms with Crippen molar-refractivity contribution in [1.82, 2.24) is 5.43 Å². The van der Waals surface area contributed by atoms with Crippen molar-refractivity contribution >= 4 is 17.8 Å². The van der Waals surface area contributed by atoms with Crippen molar-refractivity contribution in [2.75, 3.05) is 11.9 Å². The second-order valence-electron chi connectivity index (χ2n) is 5.93. The zero-order chi connectivity index (χ0) is 20.9. The maximum Gasteiger partial charge on any atom is 0.416 e.